The van der Waals surface area contributed by atoms with Crippen molar-refractivity contribution in [3.63, 3.8) is 0 Å². The minimum Gasteiger partial charge on any atom is -0.384 e. The Morgan fingerprint density at radius 2 is 1.64 bits per heavy atom. The third-order valence-electron chi connectivity index (χ3n) is 7.13. The maximum absolute atomic E-state index is 11.9. The van der Waals surface area contributed by atoms with E-state index in [0.717, 1.165) is 37.6 Å². The van der Waals surface area contributed by atoms with Gasteiger partial charge in [0.2, 0.25) is 0 Å². The first-order valence-electron chi connectivity index (χ1n) is 10.1. The lowest BCUT2D eigenvalue weighted by molar-refractivity contribution is -0.307. The van der Waals surface area contributed by atoms with Crippen LogP contribution in [-0.2, 0) is 5.60 Å². The Bertz CT molecular complexity index is 828. The number of hydrogen-bond donors (Lipinski definition) is 1. The molecule has 0 unspecified atom stereocenters. The molecule has 0 spiro atoms. The van der Waals surface area contributed by atoms with Gasteiger partial charge in [-0.3, -0.25) is 4.90 Å². The molecule has 5 heteroatoms. The summed E-state index contributed by atoms with van der Waals surface area (Å²) in [5.74, 6) is 1.05. The summed E-state index contributed by atoms with van der Waals surface area (Å²) in [5.41, 5.74) is -0.575. The van der Waals surface area contributed by atoms with Crippen molar-refractivity contribution in [2.75, 3.05) is 31.1 Å². The summed E-state index contributed by atoms with van der Waals surface area (Å²) in [4.78, 5) is 9.39. The molecule has 2 heterocycles. The molecule has 2 aromatic rings. The van der Waals surface area contributed by atoms with E-state index in [-0.39, 0.29) is 16.9 Å². The number of piperazine rings is 1. The third kappa shape index (κ3) is 2.69. The Kier molecular flexibility index (Phi) is 4.72. The number of hydrogen-bond acceptors (Lipinski definition) is 4. The Balaban J connectivity index is 1.55. The average molecular weight is 400 g/mol. The van der Waals surface area contributed by atoms with Crippen LogP contribution >= 0.6 is 11.6 Å². The van der Waals surface area contributed by atoms with Gasteiger partial charge in [-0.05, 0) is 29.8 Å². The van der Waals surface area contributed by atoms with Gasteiger partial charge in [0.1, 0.15) is 11.4 Å². The van der Waals surface area contributed by atoms with E-state index in [1.54, 1.807) is 0 Å². The fourth-order valence-electron chi connectivity index (χ4n) is 6.17. The highest BCUT2D eigenvalue weighted by Crippen LogP contribution is 2.68. The van der Waals surface area contributed by atoms with Crippen LogP contribution in [0.3, 0.4) is 0 Å². The fraction of sp³-hybridized carbons (Fsp3) is 0.522. The lowest BCUT2D eigenvalue weighted by Gasteiger charge is -2.72. The second kappa shape index (κ2) is 6.72. The molecule has 1 aliphatic heterocycles. The number of aromatic nitrogens is 1. The van der Waals surface area contributed by atoms with Gasteiger partial charge >= 0.3 is 0 Å². The highest BCUT2D eigenvalue weighted by molar-refractivity contribution is 6.30. The second-order valence-corrected chi connectivity index (χ2v) is 9.71. The third-order valence-corrected chi connectivity index (χ3v) is 7.36. The standard InChI is InChI=1S/C23H30ClN3O/c1-21(2)20(22(3,4)23(21,28)17-8-7-9-18(24)16-17)27-14-12-26(13-15-27)19-10-5-6-11-25-19/h5-11,16,20,28H,12-15H2,1-4H3. The van der Waals surface area contributed by atoms with Gasteiger partial charge in [0.15, 0.2) is 0 Å². The molecule has 2 aliphatic rings. The van der Waals surface area contributed by atoms with Gasteiger partial charge in [0.05, 0.1) is 0 Å². The summed E-state index contributed by atoms with van der Waals surface area (Å²) >= 11 is 6.24. The molecule has 1 aromatic heterocycles. The normalized spacial score (nSPS) is 29.4. The molecule has 28 heavy (non-hydrogen) atoms. The van der Waals surface area contributed by atoms with Crippen LogP contribution < -0.4 is 4.90 Å². The van der Waals surface area contributed by atoms with E-state index in [0.29, 0.717) is 5.02 Å². The Morgan fingerprint density at radius 1 is 0.964 bits per heavy atom. The van der Waals surface area contributed by atoms with Gasteiger partial charge in [-0.15, -0.1) is 0 Å². The van der Waals surface area contributed by atoms with Crippen molar-refractivity contribution in [2.45, 2.75) is 39.3 Å². The zero-order chi connectivity index (χ0) is 20.2. The number of anilines is 1. The second-order valence-electron chi connectivity index (χ2n) is 9.28. The number of pyridine rings is 1. The molecule has 2 fully saturated rings. The summed E-state index contributed by atoms with van der Waals surface area (Å²) in [6.45, 7) is 12.6. The van der Waals surface area contributed by atoms with Crippen LogP contribution in [0.2, 0.25) is 5.02 Å². The van der Waals surface area contributed by atoms with Crippen LogP contribution in [0.1, 0.15) is 33.3 Å². The molecular weight excluding hydrogens is 370 g/mol. The molecule has 0 atom stereocenters. The van der Waals surface area contributed by atoms with Crippen LogP contribution in [0.5, 0.6) is 0 Å². The summed E-state index contributed by atoms with van der Waals surface area (Å²) in [7, 11) is 0. The Hall–Kier alpha value is -1.62. The van der Waals surface area contributed by atoms with Crippen molar-refractivity contribution in [3.8, 4) is 0 Å². The molecule has 0 bridgehead atoms. The van der Waals surface area contributed by atoms with Gasteiger partial charge in [0.25, 0.3) is 0 Å². The molecule has 1 aromatic carbocycles. The molecule has 1 N–H and O–H groups in total. The quantitative estimate of drug-likeness (QED) is 0.840. The summed E-state index contributed by atoms with van der Waals surface area (Å²) < 4.78 is 0. The zero-order valence-electron chi connectivity index (χ0n) is 17.2. The van der Waals surface area contributed by atoms with Crippen LogP contribution in [0.25, 0.3) is 0 Å². The van der Waals surface area contributed by atoms with Gasteiger partial charge < -0.3 is 10.0 Å². The smallest absolute Gasteiger partial charge is 0.128 e. The maximum Gasteiger partial charge on any atom is 0.128 e. The summed E-state index contributed by atoms with van der Waals surface area (Å²) in [6, 6.07) is 14.1. The van der Waals surface area contributed by atoms with Crippen LogP contribution in [-0.4, -0.2) is 47.2 Å². The molecule has 0 amide bonds. The van der Waals surface area contributed by atoms with E-state index in [1.807, 2.05) is 42.6 Å². The highest BCUT2D eigenvalue weighted by atomic mass is 35.5. The summed E-state index contributed by atoms with van der Waals surface area (Å²) in [6.07, 6.45) is 1.85. The topological polar surface area (TPSA) is 39.6 Å². The van der Waals surface area contributed by atoms with Crippen LogP contribution in [0.4, 0.5) is 5.82 Å². The number of nitrogens with zero attached hydrogens (tertiary/aromatic N) is 3. The van der Waals surface area contributed by atoms with E-state index in [4.69, 9.17) is 11.6 Å². The monoisotopic (exact) mass is 399 g/mol. The molecule has 150 valence electrons. The number of benzene rings is 1. The largest absolute Gasteiger partial charge is 0.384 e. The average Bonchev–Trinajstić information content (AvgIpc) is 2.68. The molecule has 1 aliphatic carbocycles. The molecule has 1 saturated heterocycles. The maximum atomic E-state index is 11.9. The number of halogens is 1. The first kappa shape index (κ1) is 19.7. The molecular formula is C23H30ClN3O. The van der Waals surface area contributed by atoms with Gasteiger partial charge in [-0.2, -0.15) is 0 Å². The van der Waals surface area contributed by atoms with E-state index in [9.17, 15) is 5.11 Å². The molecule has 1 saturated carbocycles. The van der Waals surface area contributed by atoms with Crippen molar-refractivity contribution in [2.24, 2.45) is 10.8 Å². The van der Waals surface area contributed by atoms with E-state index in [2.05, 4.69) is 48.5 Å². The van der Waals surface area contributed by atoms with Crippen molar-refractivity contribution in [1.29, 1.82) is 0 Å². The highest BCUT2D eigenvalue weighted by Gasteiger charge is 2.73. The van der Waals surface area contributed by atoms with Crippen molar-refractivity contribution < 1.29 is 5.11 Å². The van der Waals surface area contributed by atoms with E-state index >= 15 is 0 Å². The van der Waals surface area contributed by atoms with Gasteiger partial charge in [-0.25, -0.2) is 4.98 Å². The zero-order valence-corrected chi connectivity index (χ0v) is 17.9. The first-order valence-corrected chi connectivity index (χ1v) is 10.5. The minimum atomic E-state index is -0.923. The molecule has 4 nitrogen and oxygen atoms in total. The van der Waals surface area contributed by atoms with Crippen molar-refractivity contribution >= 4 is 17.4 Å². The van der Waals surface area contributed by atoms with Gasteiger partial charge in [-0.1, -0.05) is 57.5 Å². The predicted molar refractivity (Wildman–Crippen MR) is 115 cm³/mol. The van der Waals surface area contributed by atoms with Crippen molar-refractivity contribution in [1.82, 2.24) is 9.88 Å². The Labute approximate surface area is 173 Å². The minimum absolute atomic E-state index is 0.283. The number of aliphatic hydroxyl groups is 1. The molecule has 4 rings (SSSR count). The van der Waals surface area contributed by atoms with E-state index < -0.39 is 5.60 Å². The summed E-state index contributed by atoms with van der Waals surface area (Å²) in [5, 5.41) is 12.6. The van der Waals surface area contributed by atoms with Crippen molar-refractivity contribution in [3.05, 3.63) is 59.2 Å². The SMILES string of the molecule is CC1(C)C(N2CCN(c3ccccn3)CC2)C(C)(C)C1(O)c1cccc(Cl)c1. The molecule has 0 radical (unpaired) electrons. The predicted octanol–water partition coefficient (Wildman–Crippen LogP) is 4.18. The lowest BCUT2D eigenvalue weighted by Crippen LogP contribution is -2.79. The Morgan fingerprint density at radius 3 is 2.21 bits per heavy atom. The lowest BCUT2D eigenvalue weighted by atomic mass is 9.39. The van der Waals surface area contributed by atoms with Gasteiger partial charge in [0, 0.05) is 54.3 Å². The van der Waals surface area contributed by atoms with E-state index in [1.165, 1.54) is 0 Å². The number of rotatable bonds is 3. The first-order chi connectivity index (χ1) is 13.2. The fourth-order valence-corrected chi connectivity index (χ4v) is 6.36. The van der Waals surface area contributed by atoms with Crippen LogP contribution in [0, 0.1) is 10.8 Å². The van der Waals surface area contributed by atoms with Crippen LogP contribution in [0.15, 0.2) is 48.7 Å².